The number of hydrogen-bond acceptors (Lipinski definition) is 5. The maximum Gasteiger partial charge on any atom is 0.248 e. The largest absolute Gasteiger partial charge is 0.439 e. The molecule has 1 aliphatic rings. The van der Waals surface area contributed by atoms with Gasteiger partial charge in [-0.2, -0.15) is 4.31 Å². The van der Waals surface area contributed by atoms with Gasteiger partial charge in [-0.05, 0) is 12.1 Å². The van der Waals surface area contributed by atoms with E-state index in [1.807, 2.05) is 31.5 Å². The van der Waals surface area contributed by atoms with Crippen molar-refractivity contribution < 1.29 is 12.8 Å². The zero-order chi connectivity index (χ0) is 18.7. The Morgan fingerprint density at radius 3 is 2.73 bits per heavy atom. The molecule has 0 spiro atoms. The lowest BCUT2D eigenvalue weighted by Crippen LogP contribution is -2.38. The summed E-state index contributed by atoms with van der Waals surface area (Å²) >= 11 is 6.30. The molecule has 0 saturated carbocycles. The second-order valence-electron chi connectivity index (χ2n) is 7.37. The van der Waals surface area contributed by atoms with E-state index < -0.39 is 10.0 Å². The molecule has 1 aliphatic heterocycles. The van der Waals surface area contributed by atoms with Crippen molar-refractivity contribution in [2.75, 3.05) is 6.54 Å². The number of sulfonamides is 1. The molecule has 0 saturated heterocycles. The SMILES string of the molecule is CC(C)(C)c1nc2ccc(Cl)c(S(=O)(=O)N3CCn4ccnc4C3)c2o1. The van der Waals surface area contributed by atoms with E-state index in [0.29, 0.717) is 30.3 Å². The van der Waals surface area contributed by atoms with E-state index in [1.165, 1.54) is 4.31 Å². The third kappa shape index (κ3) is 2.72. The van der Waals surface area contributed by atoms with Crippen molar-refractivity contribution in [1.82, 2.24) is 18.8 Å². The number of benzene rings is 1. The number of hydrogen-bond donors (Lipinski definition) is 0. The summed E-state index contributed by atoms with van der Waals surface area (Å²) in [5.41, 5.74) is 0.343. The smallest absolute Gasteiger partial charge is 0.248 e. The summed E-state index contributed by atoms with van der Waals surface area (Å²) in [6.07, 6.45) is 3.52. The molecule has 0 aliphatic carbocycles. The van der Waals surface area contributed by atoms with Gasteiger partial charge in [0.25, 0.3) is 0 Å². The van der Waals surface area contributed by atoms with Gasteiger partial charge in [-0.1, -0.05) is 32.4 Å². The van der Waals surface area contributed by atoms with E-state index in [4.69, 9.17) is 16.0 Å². The fourth-order valence-corrected chi connectivity index (χ4v) is 4.99. The molecule has 0 N–H and O–H groups in total. The molecule has 0 atom stereocenters. The highest BCUT2D eigenvalue weighted by Gasteiger charge is 2.34. The predicted octanol–water partition coefficient (Wildman–Crippen LogP) is 3.18. The van der Waals surface area contributed by atoms with Crippen LogP contribution in [0, 0.1) is 0 Å². The van der Waals surface area contributed by atoms with Crippen LogP contribution in [0.25, 0.3) is 11.1 Å². The highest BCUT2D eigenvalue weighted by atomic mass is 35.5. The van der Waals surface area contributed by atoms with E-state index in [2.05, 4.69) is 9.97 Å². The van der Waals surface area contributed by atoms with Gasteiger partial charge in [0.05, 0.1) is 11.6 Å². The number of nitrogens with zero attached hydrogens (tertiary/aromatic N) is 4. The van der Waals surface area contributed by atoms with Crippen molar-refractivity contribution in [3.63, 3.8) is 0 Å². The molecule has 0 fully saturated rings. The minimum absolute atomic E-state index is 0.0281. The molecule has 26 heavy (non-hydrogen) atoms. The summed E-state index contributed by atoms with van der Waals surface area (Å²) in [4.78, 5) is 8.64. The van der Waals surface area contributed by atoms with Crippen LogP contribution in [-0.4, -0.2) is 33.8 Å². The Labute approximate surface area is 156 Å². The maximum atomic E-state index is 13.3. The summed E-state index contributed by atoms with van der Waals surface area (Å²) in [5.74, 6) is 1.18. The Kier molecular flexibility index (Phi) is 3.91. The first kappa shape index (κ1) is 17.5. The number of oxazole rings is 1. The molecular formula is C17H19ClN4O3S. The first-order chi connectivity index (χ1) is 12.2. The fourth-order valence-electron chi connectivity index (χ4n) is 2.99. The van der Waals surface area contributed by atoms with E-state index in [-0.39, 0.29) is 27.5 Å². The Balaban J connectivity index is 1.85. The molecule has 0 bridgehead atoms. The Bertz CT molecular complexity index is 1100. The lowest BCUT2D eigenvalue weighted by atomic mass is 9.97. The van der Waals surface area contributed by atoms with Gasteiger partial charge in [-0.3, -0.25) is 0 Å². The molecule has 4 rings (SSSR count). The second kappa shape index (κ2) is 5.80. The second-order valence-corrected chi connectivity index (χ2v) is 9.65. The third-order valence-electron chi connectivity index (χ3n) is 4.41. The molecular weight excluding hydrogens is 376 g/mol. The fraction of sp³-hybridized carbons (Fsp3) is 0.412. The summed E-state index contributed by atoms with van der Waals surface area (Å²) in [6.45, 7) is 6.96. The minimum atomic E-state index is -3.86. The van der Waals surface area contributed by atoms with Crippen LogP contribution in [0.4, 0.5) is 0 Å². The van der Waals surface area contributed by atoms with Crippen LogP contribution in [0.3, 0.4) is 0 Å². The molecule has 138 valence electrons. The van der Waals surface area contributed by atoms with Crippen molar-refractivity contribution in [1.29, 1.82) is 0 Å². The normalized spacial score (nSPS) is 16.2. The van der Waals surface area contributed by atoms with Gasteiger partial charge in [0.1, 0.15) is 16.2 Å². The van der Waals surface area contributed by atoms with Crippen molar-refractivity contribution in [3.05, 3.63) is 41.3 Å². The molecule has 3 aromatic rings. The summed E-state index contributed by atoms with van der Waals surface area (Å²) in [6, 6.07) is 3.23. The Morgan fingerprint density at radius 1 is 1.23 bits per heavy atom. The van der Waals surface area contributed by atoms with Crippen molar-refractivity contribution >= 4 is 32.7 Å². The number of halogens is 1. The van der Waals surface area contributed by atoms with Crippen molar-refractivity contribution in [3.8, 4) is 0 Å². The topological polar surface area (TPSA) is 81.2 Å². The van der Waals surface area contributed by atoms with Crippen LogP contribution >= 0.6 is 11.6 Å². The molecule has 0 unspecified atom stereocenters. The van der Waals surface area contributed by atoms with Crippen LogP contribution in [-0.2, 0) is 28.5 Å². The van der Waals surface area contributed by atoms with Gasteiger partial charge in [-0.25, -0.2) is 18.4 Å². The first-order valence-electron chi connectivity index (χ1n) is 8.27. The van der Waals surface area contributed by atoms with Gasteiger partial charge in [0.2, 0.25) is 15.9 Å². The third-order valence-corrected chi connectivity index (χ3v) is 6.75. The summed E-state index contributed by atoms with van der Waals surface area (Å²) < 4.78 is 35.8. The quantitative estimate of drug-likeness (QED) is 0.666. The van der Waals surface area contributed by atoms with E-state index in [9.17, 15) is 8.42 Å². The molecule has 3 heterocycles. The van der Waals surface area contributed by atoms with Gasteiger partial charge < -0.3 is 8.98 Å². The van der Waals surface area contributed by atoms with Crippen LogP contribution in [0.5, 0.6) is 0 Å². The average molecular weight is 395 g/mol. The lowest BCUT2D eigenvalue weighted by Gasteiger charge is -2.27. The molecule has 1 aromatic carbocycles. The highest BCUT2D eigenvalue weighted by molar-refractivity contribution is 7.89. The average Bonchev–Trinajstić information content (AvgIpc) is 3.19. The van der Waals surface area contributed by atoms with E-state index in [0.717, 1.165) is 0 Å². The zero-order valence-electron chi connectivity index (χ0n) is 14.7. The number of rotatable bonds is 2. The standard InChI is InChI=1S/C17H19ClN4O3S/c1-17(2,3)16-20-12-5-4-11(18)15(14(12)25-16)26(23,24)22-9-8-21-7-6-19-13(21)10-22/h4-7H,8-10H2,1-3H3. The lowest BCUT2D eigenvalue weighted by molar-refractivity contribution is 0.335. The Hall–Kier alpha value is -1.90. The zero-order valence-corrected chi connectivity index (χ0v) is 16.3. The van der Waals surface area contributed by atoms with Crippen molar-refractivity contribution in [2.45, 2.75) is 44.2 Å². The monoisotopic (exact) mass is 394 g/mol. The minimum Gasteiger partial charge on any atom is -0.439 e. The van der Waals surface area contributed by atoms with E-state index >= 15 is 0 Å². The van der Waals surface area contributed by atoms with Crippen LogP contribution in [0.1, 0.15) is 32.5 Å². The van der Waals surface area contributed by atoms with Gasteiger partial charge in [0.15, 0.2) is 5.58 Å². The van der Waals surface area contributed by atoms with Gasteiger partial charge in [-0.15, -0.1) is 0 Å². The summed E-state index contributed by atoms with van der Waals surface area (Å²) in [5, 5.41) is 0.128. The molecule has 7 nitrogen and oxygen atoms in total. The molecule has 0 radical (unpaired) electrons. The maximum absolute atomic E-state index is 13.3. The summed E-state index contributed by atoms with van der Waals surface area (Å²) in [7, 11) is -3.86. The Morgan fingerprint density at radius 2 is 2.00 bits per heavy atom. The van der Waals surface area contributed by atoms with Crippen LogP contribution in [0.2, 0.25) is 5.02 Å². The molecule has 9 heteroatoms. The number of imidazole rings is 1. The number of aromatic nitrogens is 3. The highest BCUT2D eigenvalue weighted by Crippen LogP contribution is 2.36. The number of fused-ring (bicyclic) bond motifs is 2. The van der Waals surface area contributed by atoms with Gasteiger partial charge >= 0.3 is 0 Å². The predicted molar refractivity (Wildman–Crippen MR) is 97.5 cm³/mol. The first-order valence-corrected chi connectivity index (χ1v) is 10.1. The van der Waals surface area contributed by atoms with Crippen LogP contribution in [0.15, 0.2) is 33.8 Å². The molecule has 0 amide bonds. The van der Waals surface area contributed by atoms with E-state index in [1.54, 1.807) is 18.3 Å². The van der Waals surface area contributed by atoms with Gasteiger partial charge in [0, 0.05) is 30.9 Å². The molecule has 2 aromatic heterocycles. The van der Waals surface area contributed by atoms with Crippen molar-refractivity contribution in [2.24, 2.45) is 0 Å². The van der Waals surface area contributed by atoms with Crippen LogP contribution < -0.4 is 0 Å².